The lowest BCUT2D eigenvalue weighted by molar-refractivity contribution is 0.0746. The summed E-state index contributed by atoms with van der Waals surface area (Å²) < 4.78 is 0. The van der Waals surface area contributed by atoms with Gasteiger partial charge in [0.25, 0.3) is 5.91 Å². The van der Waals surface area contributed by atoms with E-state index in [2.05, 4.69) is 14.9 Å². The van der Waals surface area contributed by atoms with E-state index in [1.807, 2.05) is 59.7 Å². The van der Waals surface area contributed by atoms with Crippen LogP contribution in [-0.4, -0.2) is 47.0 Å². The Kier molecular flexibility index (Phi) is 4.67. The molecule has 0 saturated carbocycles. The van der Waals surface area contributed by atoms with Crippen LogP contribution in [0.25, 0.3) is 10.6 Å². The summed E-state index contributed by atoms with van der Waals surface area (Å²) in [7, 11) is 0. The van der Waals surface area contributed by atoms with Crippen molar-refractivity contribution >= 4 is 23.1 Å². The zero-order valence-corrected chi connectivity index (χ0v) is 15.4. The number of aromatic nitrogens is 2. The lowest BCUT2D eigenvalue weighted by Gasteiger charge is -2.35. The van der Waals surface area contributed by atoms with Crippen LogP contribution in [0.1, 0.15) is 16.1 Å². The molecule has 132 valence electrons. The highest BCUT2D eigenvalue weighted by atomic mass is 32.1. The third kappa shape index (κ3) is 3.46. The lowest BCUT2D eigenvalue weighted by atomic mass is 10.1. The molecule has 1 aliphatic heterocycles. The Morgan fingerprint density at radius 3 is 2.42 bits per heavy atom. The molecule has 6 heteroatoms. The van der Waals surface area contributed by atoms with Gasteiger partial charge in [-0.15, -0.1) is 11.3 Å². The van der Waals surface area contributed by atoms with Gasteiger partial charge in [0.05, 0.1) is 0 Å². The highest BCUT2D eigenvalue weighted by Crippen LogP contribution is 2.24. The smallest absolute Gasteiger partial charge is 0.253 e. The number of rotatable bonds is 3. The Hall–Kier alpha value is -2.73. The van der Waals surface area contributed by atoms with Crippen molar-refractivity contribution in [1.29, 1.82) is 0 Å². The van der Waals surface area contributed by atoms with E-state index in [-0.39, 0.29) is 5.91 Å². The second-order valence-electron chi connectivity index (χ2n) is 6.34. The van der Waals surface area contributed by atoms with Crippen LogP contribution in [0.3, 0.4) is 0 Å². The first kappa shape index (κ1) is 16.7. The fourth-order valence-electron chi connectivity index (χ4n) is 3.10. The van der Waals surface area contributed by atoms with Gasteiger partial charge >= 0.3 is 0 Å². The molecule has 0 atom stereocenters. The highest BCUT2D eigenvalue weighted by Gasteiger charge is 2.22. The number of anilines is 1. The molecule has 0 spiro atoms. The fraction of sp³-hybridized carbons (Fsp3) is 0.250. The molecule has 1 amide bonds. The summed E-state index contributed by atoms with van der Waals surface area (Å²) >= 11 is 1.63. The Balaban J connectivity index is 1.40. The number of hydrogen-bond donors (Lipinski definition) is 0. The number of piperazine rings is 1. The van der Waals surface area contributed by atoms with Crippen molar-refractivity contribution in [2.24, 2.45) is 0 Å². The number of benzene rings is 1. The van der Waals surface area contributed by atoms with E-state index in [0.29, 0.717) is 13.1 Å². The molecule has 0 radical (unpaired) electrons. The van der Waals surface area contributed by atoms with Crippen LogP contribution in [-0.2, 0) is 0 Å². The maximum atomic E-state index is 12.8. The van der Waals surface area contributed by atoms with E-state index in [1.54, 1.807) is 17.5 Å². The summed E-state index contributed by atoms with van der Waals surface area (Å²) in [6.45, 7) is 5.02. The minimum absolute atomic E-state index is 0.0903. The molecule has 0 N–H and O–H groups in total. The number of pyridine rings is 1. The number of aryl methyl sites for hydroxylation is 1. The fourth-order valence-corrected chi connectivity index (χ4v) is 3.91. The van der Waals surface area contributed by atoms with Crippen LogP contribution >= 0.6 is 11.3 Å². The first-order valence-corrected chi connectivity index (χ1v) is 9.56. The van der Waals surface area contributed by atoms with Gasteiger partial charge in [-0.05, 0) is 31.2 Å². The van der Waals surface area contributed by atoms with Gasteiger partial charge in [0.2, 0.25) is 0 Å². The SMILES string of the molecule is Cc1csc(-c2ccc(C(=O)N3CCN(c4ccccn4)CC3)cc2)n1. The van der Waals surface area contributed by atoms with E-state index in [4.69, 9.17) is 0 Å². The van der Waals surface area contributed by atoms with Gasteiger partial charge < -0.3 is 9.80 Å². The number of carbonyl (C=O) groups excluding carboxylic acids is 1. The molecule has 0 bridgehead atoms. The molecule has 1 aliphatic rings. The van der Waals surface area contributed by atoms with E-state index >= 15 is 0 Å². The van der Waals surface area contributed by atoms with Gasteiger partial charge in [-0.2, -0.15) is 0 Å². The number of thiazole rings is 1. The quantitative estimate of drug-likeness (QED) is 0.714. The summed E-state index contributed by atoms with van der Waals surface area (Å²) in [6, 6.07) is 13.7. The number of hydrogen-bond acceptors (Lipinski definition) is 5. The molecule has 3 heterocycles. The van der Waals surface area contributed by atoms with Crippen molar-refractivity contribution in [2.45, 2.75) is 6.92 Å². The summed E-state index contributed by atoms with van der Waals surface area (Å²) in [5, 5.41) is 3.03. The van der Waals surface area contributed by atoms with Crippen LogP contribution in [0, 0.1) is 6.92 Å². The van der Waals surface area contributed by atoms with Crippen molar-refractivity contribution in [2.75, 3.05) is 31.1 Å². The van der Waals surface area contributed by atoms with Gasteiger partial charge in [0.15, 0.2) is 0 Å². The topological polar surface area (TPSA) is 49.3 Å². The first-order valence-electron chi connectivity index (χ1n) is 8.68. The maximum absolute atomic E-state index is 12.8. The predicted octanol–water partition coefficient (Wildman–Crippen LogP) is 3.48. The van der Waals surface area contributed by atoms with E-state index in [1.165, 1.54) is 0 Å². The molecular formula is C20H20N4OS. The minimum Gasteiger partial charge on any atom is -0.353 e. The van der Waals surface area contributed by atoms with Crippen molar-refractivity contribution in [1.82, 2.24) is 14.9 Å². The van der Waals surface area contributed by atoms with Crippen LogP contribution in [0.5, 0.6) is 0 Å². The monoisotopic (exact) mass is 364 g/mol. The van der Waals surface area contributed by atoms with Gasteiger partial charge in [-0.1, -0.05) is 18.2 Å². The van der Waals surface area contributed by atoms with E-state index in [0.717, 1.165) is 40.7 Å². The zero-order chi connectivity index (χ0) is 17.9. The van der Waals surface area contributed by atoms with E-state index < -0.39 is 0 Å². The van der Waals surface area contributed by atoms with Crippen molar-refractivity contribution in [3.63, 3.8) is 0 Å². The Labute approximate surface area is 156 Å². The molecule has 0 unspecified atom stereocenters. The van der Waals surface area contributed by atoms with Gasteiger partial charge in [0, 0.05) is 54.6 Å². The summed E-state index contributed by atoms with van der Waals surface area (Å²) in [5.74, 6) is 1.07. The van der Waals surface area contributed by atoms with Crippen molar-refractivity contribution < 1.29 is 4.79 Å². The molecule has 4 rings (SSSR count). The largest absolute Gasteiger partial charge is 0.353 e. The molecule has 3 aromatic rings. The summed E-state index contributed by atoms with van der Waals surface area (Å²) in [5.41, 5.74) is 2.81. The number of nitrogens with zero attached hydrogens (tertiary/aromatic N) is 4. The number of carbonyl (C=O) groups is 1. The zero-order valence-electron chi connectivity index (χ0n) is 14.6. The maximum Gasteiger partial charge on any atom is 0.253 e. The standard InChI is InChI=1S/C20H20N4OS/c1-15-14-26-19(22-15)16-5-7-17(8-6-16)20(25)24-12-10-23(11-13-24)18-4-2-3-9-21-18/h2-9,14H,10-13H2,1H3. The average molecular weight is 364 g/mol. The lowest BCUT2D eigenvalue weighted by Crippen LogP contribution is -2.49. The molecule has 5 nitrogen and oxygen atoms in total. The predicted molar refractivity (Wildman–Crippen MR) is 105 cm³/mol. The molecule has 1 fully saturated rings. The molecule has 26 heavy (non-hydrogen) atoms. The van der Waals surface area contributed by atoms with Crippen LogP contribution in [0.4, 0.5) is 5.82 Å². The Morgan fingerprint density at radius 1 is 1.04 bits per heavy atom. The van der Waals surface area contributed by atoms with Crippen LogP contribution < -0.4 is 4.90 Å². The summed E-state index contributed by atoms with van der Waals surface area (Å²) in [6.07, 6.45) is 1.80. The first-order chi connectivity index (χ1) is 12.7. The minimum atomic E-state index is 0.0903. The molecule has 0 aliphatic carbocycles. The average Bonchev–Trinajstić information content (AvgIpc) is 3.15. The number of amides is 1. The van der Waals surface area contributed by atoms with Gasteiger partial charge in [0.1, 0.15) is 10.8 Å². The normalized spacial score (nSPS) is 14.5. The molecule has 1 saturated heterocycles. The van der Waals surface area contributed by atoms with Crippen LogP contribution in [0.2, 0.25) is 0 Å². The second kappa shape index (κ2) is 7.25. The van der Waals surface area contributed by atoms with Crippen LogP contribution in [0.15, 0.2) is 54.0 Å². The van der Waals surface area contributed by atoms with Crippen molar-refractivity contribution in [3.05, 3.63) is 65.3 Å². The second-order valence-corrected chi connectivity index (χ2v) is 7.20. The Morgan fingerprint density at radius 2 is 1.81 bits per heavy atom. The van der Waals surface area contributed by atoms with E-state index in [9.17, 15) is 4.79 Å². The van der Waals surface area contributed by atoms with Gasteiger partial charge in [-0.25, -0.2) is 9.97 Å². The summed E-state index contributed by atoms with van der Waals surface area (Å²) in [4.78, 5) is 25.8. The van der Waals surface area contributed by atoms with Crippen molar-refractivity contribution in [3.8, 4) is 10.6 Å². The molecule has 2 aromatic heterocycles. The highest BCUT2D eigenvalue weighted by molar-refractivity contribution is 7.13. The third-order valence-electron chi connectivity index (χ3n) is 4.54. The molecular weight excluding hydrogens is 344 g/mol. The third-order valence-corrected chi connectivity index (χ3v) is 5.55. The van der Waals surface area contributed by atoms with Gasteiger partial charge in [-0.3, -0.25) is 4.79 Å². The Bertz CT molecular complexity index is 884. The molecule has 1 aromatic carbocycles.